The number of benzene rings is 1. The van der Waals surface area contributed by atoms with Crippen molar-refractivity contribution in [2.75, 3.05) is 31.1 Å². The smallest absolute Gasteiger partial charge is 0.243 e. The van der Waals surface area contributed by atoms with Gasteiger partial charge in [0.05, 0.1) is 9.92 Å². The molecule has 2 aromatic heterocycles. The molecule has 28 heavy (non-hydrogen) atoms. The van der Waals surface area contributed by atoms with Crippen LogP contribution in [0.1, 0.15) is 0 Å². The largest absolute Gasteiger partial charge is 0.354 e. The van der Waals surface area contributed by atoms with Crippen LogP contribution in [0.4, 0.5) is 10.2 Å². The number of sulfonamides is 1. The number of piperazine rings is 1. The number of rotatable bonds is 4. The third-order valence-corrected chi connectivity index (χ3v) is 6.68. The number of imidazole rings is 1. The summed E-state index contributed by atoms with van der Waals surface area (Å²) in [7, 11) is -3.74. The summed E-state index contributed by atoms with van der Waals surface area (Å²) in [6.45, 7) is 1.49. The fraction of sp³-hybridized carbons (Fsp3) is 0.235. The minimum absolute atomic E-state index is 0.0169. The first-order valence-electron chi connectivity index (χ1n) is 8.46. The lowest BCUT2D eigenvalue weighted by Crippen LogP contribution is -2.49. The van der Waals surface area contributed by atoms with Crippen molar-refractivity contribution in [1.29, 1.82) is 0 Å². The molecule has 1 aliphatic heterocycles. The van der Waals surface area contributed by atoms with Gasteiger partial charge in [0.25, 0.3) is 0 Å². The van der Waals surface area contributed by atoms with Crippen LogP contribution in [0.5, 0.6) is 0 Å². The highest BCUT2D eigenvalue weighted by Crippen LogP contribution is 2.24. The molecule has 1 aromatic carbocycles. The quantitative estimate of drug-likeness (QED) is 0.639. The summed E-state index contributed by atoms with van der Waals surface area (Å²) < 4.78 is 42.1. The van der Waals surface area contributed by atoms with Crippen LogP contribution in [-0.4, -0.2) is 58.4 Å². The third kappa shape index (κ3) is 3.58. The summed E-state index contributed by atoms with van der Waals surface area (Å²) in [6, 6.07) is 5.25. The lowest BCUT2D eigenvalue weighted by molar-refractivity contribution is 0.383. The van der Waals surface area contributed by atoms with Crippen LogP contribution >= 0.6 is 11.6 Å². The second kappa shape index (κ2) is 7.46. The lowest BCUT2D eigenvalue weighted by Gasteiger charge is -2.34. The Kier molecular flexibility index (Phi) is 5.00. The van der Waals surface area contributed by atoms with Crippen LogP contribution in [0.3, 0.4) is 0 Å². The molecule has 3 heterocycles. The summed E-state index contributed by atoms with van der Waals surface area (Å²) >= 11 is 5.73. The van der Waals surface area contributed by atoms with Crippen molar-refractivity contribution in [3.63, 3.8) is 0 Å². The van der Waals surface area contributed by atoms with Gasteiger partial charge in [-0.25, -0.2) is 27.8 Å². The van der Waals surface area contributed by atoms with E-state index in [0.717, 1.165) is 12.1 Å². The molecule has 0 saturated carbocycles. The van der Waals surface area contributed by atoms with Crippen molar-refractivity contribution in [3.8, 4) is 5.82 Å². The zero-order chi connectivity index (χ0) is 19.7. The highest BCUT2D eigenvalue weighted by molar-refractivity contribution is 7.89. The Bertz CT molecular complexity index is 1080. The van der Waals surface area contributed by atoms with Crippen LogP contribution in [-0.2, 0) is 10.0 Å². The predicted octanol–water partition coefficient (Wildman–Crippen LogP) is 1.97. The normalized spacial score (nSPS) is 15.7. The molecule has 0 amide bonds. The average molecular weight is 423 g/mol. The molecule has 4 rings (SSSR count). The van der Waals surface area contributed by atoms with Gasteiger partial charge in [-0.15, -0.1) is 0 Å². The van der Waals surface area contributed by atoms with Crippen molar-refractivity contribution in [2.24, 2.45) is 0 Å². The Balaban J connectivity index is 1.49. The van der Waals surface area contributed by atoms with E-state index in [2.05, 4.69) is 15.0 Å². The Morgan fingerprint density at radius 3 is 2.46 bits per heavy atom. The van der Waals surface area contributed by atoms with Crippen molar-refractivity contribution in [3.05, 3.63) is 60.2 Å². The zero-order valence-corrected chi connectivity index (χ0v) is 16.2. The molecule has 1 fully saturated rings. The van der Waals surface area contributed by atoms with Crippen LogP contribution in [0.2, 0.25) is 5.02 Å². The van der Waals surface area contributed by atoms with E-state index in [9.17, 15) is 12.8 Å². The molecular weight excluding hydrogens is 407 g/mol. The molecule has 11 heteroatoms. The van der Waals surface area contributed by atoms with Gasteiger partial charge in [0.2, 0.25) is 10.0 Å². The molecule has 8 nitrogen and oxygen atoms in total. The molecular formula is C17H16ClFN6O2S. The van der Waals surface area contributed by atoms with Crippen molar-refractivity contribution >= 4 is 27.4 Å². The van der Waals surface area contributed by atoms with Crippen molar-refractivity contribution < 1.29 is 12.8 Å². The summed E-state index contributed by atoms with van der Waals surface area (Å²) in [4.78, 5) is 14.5. The topological polar surface area (TPSA) is 84.2 Å². The van der Waals surface area contributed by atoms with Crippen LogP contribution in [0.15, 0.2) is 54.2 Å². The molecule has 0 unspecified atom stereocenters. The fourth-order valence-electron chi connectivity index (χ4n) is 2.99. The van der Waals surface area contributed by atoms with Gasteiger partial charge in [-0.1, -0.05) is 11.6 Å². The lowest BCUT2D eigenvalue weighted by atomic mass is 10.3. The van der Waals surface area contributed by atoms with Crippen molar-refractivity contribution in [1.82, 2.24) is 23.8 Å². The van der Waals surface area contributed by atoms with Crippen molar-refractivity contribution in [2.45, 2.75) is 4.90 Å². The maximum Gasteiger partial charge on any atom is 0.243 e. The molecule has 1 saturated heterocycles. The van der Waals surface area contributed by atoms with Gasteiger partial charge in [0, 0.05) is 44.6 Å². The summed E-state index contributed by atoms with van der Waals surface area (Å²) in [5.74, 6) is 0.738. The average Bonchev–Trinajstić information content (AvgIpc) is 3.25. The van der Waals surface area contributed by atoms with Crippen LogP contribution in [0, 0.1) is 5.82 Å². The number of aromatic nitrogens is 4. The number of anilines is 1. The van der Waals surface area contributed by atoms with E-state index < -0.39 is 15.8 Å². The third-order valence-electron chi connectivity index (χ3n) is 4.50. The molecule has 1 aliphatic rings. The highest BCUT2D eigenvalue weighted by atomic mass is 35.5. The number of hydrogen-bond donors (Lipinski definition) is 0. The molecule has 0 atom stereocenters. The maximum absolute atomic E-state index is 13.3. The van der Waals surface area contributed by atoms with Gasteiger partial charge < -0.3 is 4.90 Å². The molecule has 0 aliphatic carbocycles. The van der Waals surface area contributed by atoms with Gasteiger partial charge in [-0.05, 0) is 18.2 Å². The first kappa shape index (κ1) is 18.8. The van der Waals surface area contributed by atoms with Crippen LogP contribution in [0.25, 0.3) is 5.82 Å². The van der Waals surface area contributed by atoms with Crippen LogP contribution < -0.4 is 4.90 Å². The number of nitrogens with zero attached hydrogens (tertiary/aromatic N) is 6. The standard InChI is InChI=1S/C17H16ClFN6O2S/c18-14-9-13(1-2-15(14)19)28(26,27)25-7-5-23(6-8-25)16-10-17(22-11-21-16)24-4-3-20-12-24/h1-4,9-12H,5-8H2. The molecule has 0 radical (unpaired) electrons. The first-order chi connectivity index (χ1) is 13.4. The molecule has 146 valence electrons. The SMILES string of the molecule is O=S(=O)(c1ccc(F)c(Cl)c1)N1CCN(c2cc(-n3ccnc3)ncn2)CC1. The van der Waals surface area contributed by atoms with E-state index in [1.54, 1.807) is 23.3 Å². The molecule has 0 spiro atoms. The summed E-state index contributed by atoms with van der Waals surface area (Å²) in [5.41, 5.74) is 0. The van der Waals surface area contributed by atoms with E-state index in [4.69, 9.17) is 11.6 Å². The minimum Gasteiger partial charge on any atom is -0.354 e. The number of halogens is 2. The Labute approximate surface area is 166 Å². The van der Waals surface area contributed by atoms with Gasteiger partial charge in [-0.3, -0.25) is 4.57 Å². The Morgan fingerprint density at radius 2 is 1.79 bits per heavy atom. The summed E-state index contributed by atoms with van der Waals surface area (Å²) in [5, 5.41) is -0.215. The van der Waals surface area contributed by atoms with Gasteiger partial charge >= 0.3 is 0 Å². The second-order valence-electron chi connectivity index (χ2n) is 6.17. The number of hydrogen-bond acceptors (Lipinski definition) is 6. The fourth-order valence-corrected chi connectivity index (χ4v) is 4.68. The Hall–Kier alpha value is -2.56. The van der Waals surface area contributed by atoms with E-state index in [0.29, 0.717) is 24.7 Å². The highest BCUT2D eigenvalue weighted by Gasteiger charge is 2.29. The van der Waals surface area contributed by atoms with E-state index in [-0.39, 0.29) is 23.0 Å². The predicted molar refractivity (Wildman–Crippen MR) is 102 cm³/mol. The first-order valence-corrected chi connectivity index (χ1v) is 10.3. The van der Waals surface area contributed by atoms with E-state index >= 15 is 0 Å². The molecule has 0 bridgehead atoms. The second-order valence-corrected chi connectivity index (χ2v) is 8.52. The Morgan fingerprint density at radius 1 is 1.04 bits per heavy atom. The molecule has 0 N–H and O–H groups in total. The van der Waals surface area contributed by atoms with E-state index in [1.807, 2.05) is 11.0 Å². The molecule has 3 aromatic rings. The summed E-state index contributed by atoms with van der Waals surface area (Å²) in [6.07, 6.45) is 6.55. The maximum atomic E-state index is 13.3. The van der Waals surface area contributed by atoms with E-state index in [1.165, 1.54) is 16.7 Å². The minimum atomic E-state index is -3.74. The van der Waals surface area contributed by atoms with Gasteiger partial charge in [-0.2, -0.15) is 4.31 Å². The van der Waals surface area contributed by atoms with Gasteiger partial charge in [0.15, 0.2) is 0 Å². The van der Waals surface area contributed by atoms with Gasteiger partial charge in [0.1, 0.15) is 30.1 Å². The monoisotopic (exact) mass is 422 g/mol. The zero-order valence-electron chi connectivity index (χ0n) is 14.6.